The van der Waals surface area contributed by atoms with Crippen molar-refractivity contribution in [2.75, 3.05) is 4.90 Å². The van der Waals surface area contributed by atoms with Gasteiger partial charge in [-0.25, -0.2) is 0 Å². The number of para-hydroxylation sites is 1. The van der Waals surface area contributed by atoms with E-state index in [1.807, 2.05) is 0 Å². The lowest BCUT2D eigenvalue weighted by atomic mass is 9.72. The largest absolute Gasteiger partial charge is 0.333 e. The molecule has 1 heterocycles. The molecule has 0 saturated heterocycles. The molecule has 7 aromatic rings. The molecule has 0 N–H and O–H groups in total. The molecule has 1 aliphatic heterocycles. The molecule has 49 heavy (non-hydrogen) atoms. The number of hydrogen-bond acceptors (Lipinski definition) is 1. The molecule has 0 bridgehead atoms. The average molecular weight is 628 g/mol. The Hall–Kier alpha value is -5.66. The highest BCUT2D eigenvalue weighted by atomic mass is 15.2. The lowest BCUT2D eigenvalue weighted by molar-refractivity contribution is 0.616. The zero-order valence-electron chi connectivity index (χ0n) is 27.8. The molecule has 4 unspecified atom stereocenters. The molecular weight excluding hydrogens is 591 g/mol. The third kappa shape index (κ3) is 4.18. The minimum absolute atomic E-state index is 0.273. The topological polar surface area (TPSA) is 3.24 Å². The maximum absolute atomic E-state index is 2.54. The van der Waals surface area contributed by atoms with Crippen LogP contribution in [0.1, 0.15) is 48.3 Å². The zero-order chi connectivity index (χ0) is 32.6. The van der Waals surface area contributed by atoms with Crippen molar-refractivity contribution in [3.05, 3.63) is 181 Å². The van der Waals surface area contributed by atoms with Gasteiger partial charge < -0.3 is 4.90 Å². The normalized spacial score (nSPS) is 20.2. The molecule has 3 aliphatic rings. The fraction of sp³-hybridized carbons (Fsp3) is 0.125. The molecule has 1 heteroatoms. The predicted molar refractivity (Wildman–Crippen MR) is 208 cm³/mol. The summed E-state index contributed by atoms with van der Waals surface area (Å²) in [7, 11) is 0. The zero-order valence-corrected chi connectivity index (χ0v) is 27.8. The second-order valence-electron chi connectivity index (χ2n) is 14.1. The molecule has 1 nitrogen and oxygen atoms in total. The van der Waals surface area contributed by atoms with Crippen molar-refractivity contribution in [2.45, 2.75) is 37.6 Å². The van der Waals surface area contributed by atoms with Gasteiger partial charge in [-0.05, 0) is 102 Å². The van der Waals surface area contributed by atoms with Gasteiger partial charge in [-0.15, -0.1) is 0 Å². The summed E-state index contributed by atoms with van der Waals surface area (Å²) in [6.45, 7) is 4.78. The van der Waals surface area contributed by atoms with Crippen molar-refractivity contribution in [1.29, 1.82) is 0 Å². The van der Waals surface area contributed by atoms with Crippen molar-refractivity contribution in [2.24, 2.45) is 0 Å². The quantitative estimate of drug-likeness (QED) is 0.176. The van der Waals surface area contributed by atoms with E-state index >= 15 is 0 Å². The Bertz CT molecular complexity index is 2460. The number of benzene rings is 7. The van der Waals surface area contributed by atoms with Crippen LogP contribution in [0.3, 0.4) is 0 Å². The van der Waals surface area contributed by atoms with Crippen LogP contribution < -0.4 is 4.90 Å². The standard InChI is InChI=1S/C48H37N/c1-30-31(2)44-29-33(26-27-37(44)36-17-4-3-16-35(30)36)48-42-22-7-5-20-40(42)47(41-21-6-8-23-43(41)48)32-14-13-15-34(28-32)49-45-24-11-9-18-38(45)39-19-10-12-25-46(39)49/h3-31,38,45H,1-2H3. The van der Waals surface area contributed by atoms with Crippen LogP contribution in [0.4, 0.5) is 11.4 Å². The Balaban J connectivity index is 1.18. The first-order chi connectivity index (χ1) is 24.2. The minimum Gasteiger partial charge on any atom is -0.333 e. The molecule has 10 rings (SSSR count). The highest BCUT2D eigenvalue weighted by Crippen LogP contribution is 2.51. The van der Waals surface area contributed by atoms with Gasteiger partial charge in [0.2, 0.25) is 0 Å². The van der Waals surface area contributed by atoms with E-state index in [0.29, 0.717) is 17.8 Å². The van der Waals surface area contributed by atoms with Crippen LogP contribution in [-0.4, -0.2) is 6.04 Å². The number of anilines is 2. The van der Waals surface area contributed by atoms with E-state index in [1.54, 1.807) is 0 Å². The Morgan fingerprint density at radius 2 is 1.02 bits per heavy atom. The van der Waals surface area contributed by atoms with Gasteiger partial charge in [0.25, 0.3) is 0 Å². The number of rotatable bonds is 3. The summed E-state index contributed by atoms with van der Waals surface area (Å²) in [6, 6.07) is 52.7. The Morgan fingerprint density at radius 1 is 0.449 bits per heavy atom. The van der Waals surface area contributed by atoms with E-state index < -0.39 is 0 Å². The van der Waals surface area contributed by atoms with E-state index in [9.17, 15) is 0 Å². The van der Waals surface area contributed by atoms with Crippen LogP contribution in [0, 0.1) is 0 Å². The van der Waals surface area contributed by atoms with Crippen molar-refractivity contribution >= 4 is 32.9 Å². The van der Waals surface area contributed by atoms with Crippen molar-refractivity contribution in [3.63, 3.8) is 0 Å². The van der Waals surface area contributed by atoms with E-state index in [-0.39, 0.29) is 6.04 Å². The fourth-order valence-electron chi connectivity index (χ4n) is 9.17. The highest BCUT2D eigenvalue weighted by Gasteiger charge is 2.37. The maximum atomic E-state index is 2.54. The monoisotopic (exact) mass is 627 g/mol. The van der Waals surface area contributed by atoms with Crippen LogP contribution in [0.15, 0.2) is 164 Å². The van der Waals surface area contributed by atoms with E-state index in [2.05, 4.69) is 183 Å². The molecular formula is C48H37N. The number of allylic oxidation sites excluding steroid dienone is 2. The summed E-state index contributed by atoms with van der Waals surface area (Å²) in [5.41, 5.74) is 14.8. The second-order valence-corrected chi connectivity index (χ2v) is 14.1. The molecule has 0 aromatic heterocycles. The molecule has 0 fully saturated rings. The Kier molecular flexibility index (Phi) is 6.33. The molecule has 4 atom stereocenters. The molecule has 0 spiro atoms. The molecule has 234 valence electrons. The first-order valence-electron chi connectivity index (χ1n) is 17.7. The van der Waals surface area contributed by atoms with Crippen LogP contribution in [-0.2, 0) is 0 Å². The third-order valence-corrected chi connectivity index (χ3v) is 11.6. The molecule has 0 radical (unpaired) electrons. The van der Waals surface area contributed by atoms with Crippen molar-refractivity contribution in [1.82, 2.24) is 0 Å². The van der Waals surface area contributed by atoms with Crippen LogP contribution in [0.2, 0.25) is 0 Å². The van der Waals surface area contributed by atoms with Gasteiger partial charge in [-0.3, -0.25) is 0 Å². The van der Waals surface area contributed by atoms with Crippen LogP contribution in [0.5, 0.6) is 0 Å². The first kappa shape index (κ1) is 28.4. The molecule has 7 aromatic carbocycles. The van der Waals surface area contributed by atoms with Gasteiger partial charge in [-0.2, -0.15) is 0 Å². The predicted octanol–water partition coefficient (Wildman–Crippen LogP) is 12.9. The van der Waals surface area contributed by atoms with Gasteiger partial charge in [0.1, 0.15) is 0 Å². The SMILES string of the molecule is CC1c2ccccc2-c2ccc(-c3c4ccccc4c(-c4cccc(N5c6ccccc6C6C=CC=CC65)c4)c4ccccc34)cc2C1C. The Morgan fingerprint density at radius 3 is 1.76 bits per heavy atom. The minimum atomic E-state index is 0.273. The summed E-state index contributed by atoms with van der Waals surface area (Å²) in [6.07, 6.45) is 9.11. The molecule has 0 saturated carbocycles. The highest BCUT2D eigenvalue weighted by molar-refractivity contribution is 6.21. The lowest BCUT2D eigenvalue weighted by Crippen LogP contribution is -2.28. The van der Waals surface area contributed by atoms with E-state index in [4.69, 9.17) is 0 Å². The first-order valence-corrected chi connectivity index (χ1v) is 17.7. The summed E-state index contributed by atoms with van der Waals surface area (Å²) < 4.78 is 0. The number of hydrogen-bond donors (Lipinski definition) is 0. The summed E-state index contributed by atoms with van der Waals surface area (Å²) in [5, 5.41) is 5.17. The van der Waals surface area contributed by atoms with Gasteiger partial charge in [0.15, 0.2) is 0 Å². The number of fused-ring (bicyclic) bond motifs is 8. The third-order valence-electron chi connectivity index (χ3n) is 11.6. The Labute approximate surface area is 288 Å². The van der Waals surface area contributed by atoms with Gasteiger partial charge in [-0.1, -0.05) is 159 Å². The van der Waals surface area contributed by atoms with E-state index in [1.165, 1.54) is 83.0 Å². The fourth-order valence-corrected chi connectivity index (χ4v) is 9.17. The maximum Gasteiger partial charge on any atom is 0.0629 e. The lowest BCUT2D eigenvalue weighted by Gasteiger charge is -2.32. The van der Waals surface area contributed by atoms with Gasteiger partial charge in [0.05, 0.1) is 6.04 Å². The smallest absolute Gasteiger partial charge is 0.0629 e. The van der Waals surface area contributed by atoms with Crippen molar-refractivity contribution < 1.29 is 0 Å². The van der Waals surface area contributed by atoms with Crippen LogP contribution in [0.25, 0.3) is 54.9 Å². The molecule has 0 amide bonds. The van der Waals surface area contributed by atoms with E-state index in [0.717, 1.165) is 0 Å². The summed E-state index contributed by atoms with van der Waals surface area (Å²) in [4.78, 5) is 2.54. The summed E-state index contributed by atoms with van der Waals surface area (Å²) >= 11 is 0. The van der Waals surface area contributed by atoms with Gasteiger partial charge in [0, 0.05) is 17.3 Å². The molecule has 2 aliphatic carbocycles. The van der Waals surface area contributed by atoms with Crippen LogP contribution >= 0.6 is 0 Å². The average Bonchev–Trinajstić information content (AvgIpc) is 3.50. The summed E-state index contributed by atoms with van der Waals surface area (Å²) in [5.74, 6) is 1.27. The number of nitrogens with zero attached hydrogens (tertiary/aromatic N) is 1. The second kappa shape index (κ2) is 10.9. The van der Waals surface area contributed by atoms with Gasteiger partial charge >= 0.3 is 0 Å². The van der Waals surface area contributed by atoms with Crippen molar-refractivity contribution in [3.8, 4) is 33.4 Å².